The minimum Gasteiger partial charge on any atom is -0.409 e. The fourth-order valence-electron chi connectivity index (χ4n) is 1.75. The molecule has 0 aliphatic carbocycles. The minimum absolute atomic E-state index is 0.0763. The van der Waals surface area contributed by atoms with E-state index in [2.05, 4.69) is 16.5 Å². The van der Waals surface area contributed by atoms with Gasteiger partial charge < -0.3 is 16.3 Å². The maximum Gasteiger partial charge on any atom is 0.141 e. The van der Waals surface area contributed by atoms with Crippen molar-refractivity contribution in [2.45, 2.75) is 25.8 Å². The molecule has 98 valence electrons. The highest BCUT2D eigenvalue weighted by atomic mass is 16.4. The normalized spacial score (nSPS) is 13.9. The summed E-state index contributed by atoms with van der Waals surface area (Å²) in [5.74, 6) is 0.238. The molecule has 0 saturated heterocycles. The molecule has 0 heterocycles. The Kier molecular flexibility index (Phi) is 6.58. The molecule has 4 heteroatoms. The summed E-state index contributed by atoms with van der Waals surface area (Å²) in [6, 6.07) is 10.1. The van der Waals surface area contributed by atoms with Crippen LogP contribution in [0.3, 0.4) is 0 Å². The van der Waals surface area contributed by atoms with E-state index in [4.69, 9.17) is 10.9 Å². The summed E-state index contributed by atoms with van der Waals surface area (Å²) >= 11 is 0. The molecule has 1 aromatic rings. The molecular formula is C14H21N3O. The van der Waals surface area contributed by atoms with Crippen LogP contribution in [0.4, 0.5) is 0 Å². The summed E-state index contributed by atoms with van der Waals surface area (Å²) in [6.45, 7) is 2.87. The summed E-state index contributed by atoms with van der Waals surface area (Å²) in [5.41, 5.74) is 6.73. The van der Waals surface area contributed by atoms with Gasteiger partial charge in [-0.25, -0.2) is 0 Å². The number of allylic oxidation sites excluding steroid dienone is 1. The Labute approximate surface area is 108 Å². The van der Waals surface area contributed by atoms with Gasteiger partial charge in [-0.15, -0.1) is 0 Å². The first-order valence-corrected chi connectivity index (χ1v) is 6.13. The van der Waals surface area contributed by atoms with Crippen LogP contribution in [-0.2, 0) is 0 Å². The molecule has 0 aliphatic rings. The zero-order valence-electron chi connectivity index (χ0n) is 10.7. The third kappa shape index (κ3) is 5.01. The fraction of sp³-hybridized carbons (Fsp3) is 0.357. The number of benzene rings is 1. The zero-order chi connectivity index (χ0) is 13.2. The molecule has 4 nitrogen and oxygen atoms in total. The Morgan fingerprint density at radius 2 is 2.17 bits per heavy atom. The first kappa shape index (κ1) is 14.3. The average molecular weight is 247 g/mol. The van der Waals surface area contributed by atoms with Gasteiger partial charge in [0.25, 0.3) is 0 Å². The predicted molar refractivity (Wildman–Crippen MR) is 74.6 cm³/mol. The molecule has 1 unspecified atom stereocenters. The predicted octanol–water partition coefficient (Wildman–Crippen LogP) is 2.42. The molecule has 1 atom stereocenters. The van der Waals surface area contributed by atoms with Gasteiger partial charge in [0.05, 0.1) is 0 Å². The molecule has 0 bridgehead atoms. The lowest BCUT2D eigenvalue weighted by molar-refractivity contribution is 0.315. The highest BCUT2D eigenvalue weighted by molar-refractivity contribution is 5.80. The van der Waals surface area contributed by atoms with Crippen LogP contribution in [0.25, 0.3) is 0 Å². The molecule has 18 heavy (non-hydrogen) atoms. The van der Waals surface area contributed by atoms with Crippen molar-refractivity contribution < 1.29 is 5.21 Å². The van der Waals surface area contributed by atoms with E-state index in [0.29, 0.717) is 6.42 Å². The third-order valence-corrected chi connectivity index (χ3v) is 2.68. The number of hydrogen-bond acceptors (Lipinski definition) is 3. The molecule has 1 rings (SSSR count). The van der Waals surface area contributed by atoms with Crippen molar-refractivity contribution in [3.05, 3.63) is 48.0 Å². The Bertz CT molecular complexity index is 387. The van der Waals surface area contributed by atoms with Crippen LogP contribution in [-0.4, -0.2) is 17.6 Å². The average Bonchev–Trinajstić information content (AvgIpc) is 2.43. The van der Waals surface area contributed by atoms with Gasteiger partial charge >= 0.3 is 0 Å². The quantitative estimate of drug-likeness (QED) is 0.173. The Balaban J connectivity index is 2.63. The largest absolute Gasteiger partial charge is 0.409 e. The summed E-state index contributed by atoms with van der Waals surface area (Å²) in [4.78, 5) is 0. The molecule has 1 aromatic carbocycles. The standard InChI is InChI=1S/C14H21N3O/c1-2-3-7-10-16-13(11-14(15)17-18)12-8-5-4-6-9-12/h2-6,8-9,13,16,18H,7,10-11H2,1H3,(H2,15,17)/b3-2+. The fourth-order valence-corrected chi connectivity index (χ4v) is 1.75. The molecule has 0 saturated carbocycles. The van der Waals surface area contributed by atoms with Crippen molar-refractivity contribution in [1.29, 1.82) is 0 Å². The summed E-state index contributed by atoms with van der Waals surface area (Å²) < 4.78 is 0. The van der Waals surface area contributed by atoms with E-state index >= 15 is 0 Å². The molecule has 0 amide bonds. The van der Waals surface area contributed by atoms with Crippen LogP contribution in [0.1, 0.15) is 31.4 Å². The molecule has 0 radical (unpaired) electrons. The van der Waals surface area contributed by atoms with E-state index < -0.39 is 0 Å². The van der Waals surface area contributed by atoms with Crippen LogP contribution >= 0.6 is 0 Å². The van der Waals surface area contributed by atoms with Crippen LogP contribution in [0, 0.1) is 0 Å². The number of hydrogen-bond donors (Lipinski definition) is 3. The van der Waals surface area contributed by atoms with Gasteiger partial charge in [-0.1, -0.05) is 47.6 Å². The van der Waals surface area contributed by atoms with E-state index in [0.717, 1.165) is 18.5 Å². The van der Waals surface area contributed by atoms with Crippen molar-refractivity contribution in [3.8, 4) is 0 Å². The lowest BCUT2D eigenvalue weighted by atomic mass is 10.0. The van der Waals surface area contributed by atoms with E-state index in [1.807, 2.05) is 43.3 Å². The topological polar surface area (TPSA) is 70.6 Å². The van der Waals surface area contributed by atoms with E-state index in [9.17, 15) is 0 Å². The van der Waals surface area contributed by atoms with Crippen LogP contribution in [0.2, 0.25) is 0 Å². The summed E-state index contributed by atoms with van der Waals surface area (Å²) in [5, 5.41) is 15.1. The second-order valence-corrected chi connectivity index (χ2v) is 4.07. The number of nitrogens with two attached hydrogens (primary N) is 1. The number of nitrogens with one attached hydrogen (secondary N) is 1. The Hall–Kier alpha value is -1.81. The number of rotatable bonds is 7. The van der Waals surface area contributed by atoms with Crippen molar-refractivity contribution in [2.24, 2.45) is 10.9 Å². The molecule has 0 aliphatic heterocycles. The second-order valence-electron chi connectivity index (χ2n) is 4.07. The lowest BCUT2D eigenvalue weighted by Crippen LogP contribution is -2.27. The Morgan fingerprint density at radius 1 is 1.44 bits per heavy atom. The number of oxime groups is 1. The van der Waals surface area contributed by atoms with Crippen molar-refractivity contribution >= 4 is 5.84 Å². The van der Waals surface area contributed by atoms with Gasteiger partial charge in [0.2, 0.25) is 0 Å². The van der Waals surface area contributed by atoms with E-state index in [1.165, 1.54) is 0 Å². The molecule has 0 spiro atoms. The van der Waals surface area contributed by atoms with Crippen LogP contribution < -0.4 is 11.1 Å². The monoisotopic (exact) mass is 247 g/mol. The van der Waals surface area contributed by atoms with Crippen molar-refractivity contribution in [3.63, 3.8) is 0 Å². The van der Waals surface area contributed by atoms with E-state index in [1.54, 1.807) is 0 Å². The van der Waals surface area contributed by atoms with Gasteiger partial charge in [0, 0.05) is 12.5 Å². The van der Waals surface area contributed by atoms with Crippen molar-refractivity contribution in [1.82, 2.24) is 5.32 Å². The first-order valence-electron chi connectivity index (χ1n) is 6.13. The third-order valence-electron chi connectivity index (χ3n) is 2.68. The molecular weight excluding hydrogens is 226 g/mol. The summed E-state index contributed by atoms with van der Waals surface area (Å²) in [6.07, 6.45) is 5.60. The summed E-state index contributed by atoms with van der Waals surface area (Å²) in [7, 11) is 0. The maximum atomic E-state index is 8.66. The smallest absolute Gasteiger partial charge is 0.141 e. The number of amidine groups is 1. The van der Waals surface area contributed by atoms with Crippen LogP contribution in [0.15, 0.2) is 47.6 Å². The van der Waals surface area contributed by atoms with Gasteiger partial charge in [0.1, 0.15) is 5.84 Å². The second kappa shape index (κ2) is 8.31. The van der Waals surface area contributed by atoms with Crippen molar-refractivity contribution in [2.75, 3.05) is 6.54 Å². The van der Waals surface area contributed by atoms with Crippen LogP contribution in [0.5, 0.6) is 0 Å². The van der Waals surface area contributed by atoms with Gasteiger partial charge in [-0.2, -0.15) is 0 Å². The molecule has 0 aromatic heterocycles. The first-order chi connectivity index (χ1) is 8.77. The molecule has 4 N–H and O–H groups in total. The zero-order valence-corrected chi connectivity index (χ0v) is 10.7. The van der Waals surface area contributed by atoms with Gasteiger partial charge in [0.15, 0.2) is 0 Å². The van der Waals surface area contributed by atoms with E-state index in [-0.39, 0.29) is 11.9 Å². The number of nitrogens with zero attached hydrogens (tertiary/aromatic N) is 1. The van der Waals surface area contributed by atoms with Gasteiger partial charge in [-0.05, 0) is 25.5 Å². The lowest BCUT2D eigenvalue weighted by Gasteiger charge is -2.18. The highest BCUT2D eigenvalue weighted by Gasteiger charge is 2.12. The molecule has 0 fully saturated rings. The highest BCUT2D eigenvalue weighted by Crippen LogP contribution is 2.16. The maximum absolute atomic E-state index is 8.66. The minimum atomic E-state index is 0.0763. The SMILES string of the molecule is C/C=C/CCNC(C/C(N)=N/O)c1ccccc1. The Morgan fingerprint density at radius 3 is 2.78 bits per heavy atom. The van der Waals surface area contributed by atoms with Gasteiger partial charge in [-0.3, -0.25) is 0 Å².